The Labute approximate surface area is 158 Å². The van der Waals surface area contributed by atoms with E-state index >= 15 is 0 Å². The summed E-state index contributed by atoms with van der Waals surface area (Å²) in [6.07, 6.45) is 4.87. The van der Waals surface area contributed by atoms with Gasteiger partial charge in [-0.15, -0.1) is 0 Å². The second-order valence-electron chi connectivity index (χ2n) is 8.40. The molecule has 1 saturated heterocycles. The zero-order valence-corrected chi connectivity index (χ0v) is 16.6. The summed E-state index contributed by atoms with van der Waals surface area (Å²) in [4.78, 5) is 16.9. The van der Waals surface area contributed by atoms with E-state index in [-0.39, 0.29) is 12.0 Å². The smallest absolute Gasteiger partial charge is 0.236 e. The third-order valence-electron chi connectivity index (χ3n) is 5.87. The lowest BCUT2D eigenvalue weighted by Gasteiger charge is -2.39. The van der Waals surface area contributed by atoms with Crippen LogP contribution in [-0.2, 0) is 16.0 Å². The number of amides is 1. The van der Waals surface area contributed by atoms with Gasteiger partial charge in [0.05, 0.1) is 12.6 Å². The zero-order chi connectivity index (χ0) is 18.5. The van der Waals surface area contributed by atoms with Crippen LogP contribution in [0.2, 0.25) is 0 Å². The minimum atomic E-state index is 0.250. The normalized spacial score (nSPS) is 23.7. The summed E-state index contributed by atoms with van der Waals surface area (Å²) in [5, 5.41) is 0. The molecule has 144 valence electrons. The summed E-state index contributed by atoms with van der Waals surface area (Å²) in [7, 11) is 2.02. The molecule has 1 aliphatic heterocycles. The Morgan fingerprint density at radius 1 is 1.23 bits per heavy atom. The fourth-order valence-electron chi connectivity index (χ4n) is 3.61. The fraction of sp³-hybridized carbons (Fsp3) is 0.682. The number of benzene rings is 1. The minimum Gasteiger partial charge on any atom is -0.377 e. The first-order valence-electron chi connectivity index (χ1n) is 10.2. The van der Waals surface area contributed by atoms with Gasteiger partial charge < -0.3 is 9.64 Å². The van der Waals surface area contributed by atoms with Crippen molar-refractivity contribution in [2.45, 2.75) is 51.7 Å². The van der Waals surface area contributed by atoms with Crippen molar-refractivity contribution in [3.8, 4) is 0 Å². The Morgan fingerprint density at radius 2 is 1.96 bits per heavy atom. The van der Waals surface area contributed by atoms with Crippen LogP contribution in [0.5, 0.6) is 0 Å². The van der Waals surface area contributed by atoms with Gasteiger partial charge in [-0.1, -0.05) is 30.3 Å². The SMILES string of the molecule is CC(C)N(C)CC(=O)N1CC[C@@H](OCC2CC2)[C@H](Cc2ccccc2)C1. The zero-order valence-electron chi connectivity index (χ0n) is 16.6. The van der Waals surface area contributed by atoms with Gasteiger partial charge in [-0.2, -0.15) is 0 Å². The van der Waals surface area contributed by atoms with Crippen molar-refractivity contribution in [2.75, 3.05) is 33.3 Å². The van der Waals surface area contributed by atoms with Crippen LogP contribution in [0.1, 0.15) is 38.7 Å². The fourth-order valence-corrected chi connectivity index (χ4v) is 3.61. The molecular formula is C22H34N2O2. The highest BCUT2D eigenvalue weighted by atomic mass is 16.5. The van der Waals surface area contributed by atoms with E-state index in [0.717, 1.165) is 38.5 Å². The number of ether oxygens (including phenoxy) is 1. The minimum absolute atomic E-state index is 0.250. The summed E-state index contributed by atoms with van der Waals surface area (Å²) < 4.78 is 6.29. The van der Waals surface area contributed by atoms with E-state index < -0.39 is 0 Å². The average molecular weight is 359 g/mol. The maximum absolute atomic E-state index is 12.7. The summed E-state index contributed by atoms with van der Waals surface area (Å²) >= 11 is 0. The van der Waals surface area contributed by atoms with Crippen LogP contribution >= 0.6 is 0 Å². The van der Waals surface area contributed by atoms with Crippen LogP contribution in [0.4, 0.5) is 0 Å². The Balaban J connectivity index is 1.61. The van der Waals surface area contributed by atoms with Crippen LogP contribution in [0.25, 0.3) is 0 Å². The molecule has 0 bridgehead atoms. The number of piperidine rings is 1. The van der Waals surface area contributed by atoms with Gasteiger partial charge in [0.15, 0.2) is 0 Å². The number of nitrogens with zero attached hydrogens (tertiary/aromatic N) is 2. The van der Waals surface area contributed by atoms with Crippen LogP contribution in [0.3, 0.4) is 0 Å². The monoisotopic (exact) mass is 358 g/mol. The molecule has 1 heterocycles. The molecule has 0 spiro atoms. The molecule has 1 aliphatic carbocycles. The standard InChI is InChI=1S/C22H34N2O2/c1-17(2)23(3)15-22(25)24-12-11-21(26-16-19-9-10-19)20(14-24)13-18-7-5-4-6-8-18/h4-8,17,19-21H,9-16H2,1-3H3/t20-,21-/m1/s1. The van der Waals surface area contributed by atoms with Gasteiger partial charge in [-0.05, 0) is 58.1 Å². The van der Waals surface area contributed by atoms with E-state index in [1.54, 1.807) is 0 Å². The predicted molar refractivity (Wildman–Crippen MR) is 105 cm³/mol. The van der Waals surface area contributed by atoms with Crippen molar-refractivity contribution in [1.29, 1.82) is 0 Å². The maximum atomic E-state index is 12.7. The number of hydrogen-bond donors (Lipinski definition) is 0. The van der Waals surface area contributed by atoms with Crippen LogP contribution in [0, 0.1) is 11.8 Å². The molecule has 0 aromatic heterocycles. The second kappa shape index (κ2) is 9.01. The highest BCUT2D eigenvalue weighted by Crippen LogP contribution is 2.31. The molecule has 4 nitrogen and oxygen atoms in total. The molecule has 0 radical (unpaired) electrons. The lowest BCUT2D eigenvalue weighted by atomic mass is 9.88. The molecule has 1 aromatic rings. The Hall–Kier alpha value is -1.39. The molecule has 1 saturated carbocycles. The van der Waals surface area contributed by atoms with Crippen molar-refractivity contribution in [3.05, 3.63) is 35.9 Å². The Kier molecular flexibility index (Phi) is 6.71. The van der Waals surface area contributed by atoms with Crippen molar-refractivity contribution in [2.24, 2.45) is 11.8 Å². The molecule has 0 N–H and O–H groups in total. The van der Waals surface area contributed by atoms with Gasteiger partial charge in [-0.3, -0.25) is 9.69 Å². The lowest BCUT2D eigenvalue weighted by Crippen LogP contribution is -2.50. The summed E-state index contributed by atoms with van der Waals surface area (Å²) in [6.45, 7) is 7.30. The molecule has 2 atom stereocenters. The summed E-state index contributed by atoms with van der Waals surface area (Å²) in [5.41, 5.74) is 1.34. The van der Waals surface area contributed by atoms with Crippen molar-refractivity contribution in [1.82, 2.24) is 9.80 Å². The van der Waals surface area contributed by atoms with Gasteiger partial charge in [-0.25, -0.2) is 0 Å². The van der Waals surface area contributed by atoms with Gasteiger partial charge in [0.25, 0.3) is 0 Å². The van der Waals surface area contributed by atoms with Gasteiger partial charge in [0.1, 0.15) is 0 Å². The number of carbonyl (C=O) groups is 1. The van der Waals surface area contributed by atoms with Gasteiger partial charge >= 0.3 is 0 Å². The molecule has 4 heteroatoms. The second-order valence-corrected chi connectivity index (χ2v) is 8.40. The third kappa shape index (κ3) is 5.55. The topological polar surface area (TPSA) is 32.8 Å². The van der Waals surface area contributed by atoms with E-state index in [0.29, 0.717) is 18.5 Å². The van der Waals surface area contributed by atoms with Gasteiger partial charge in [0.2, 0.25) is 5.91 Å². The molecule has 3 rings (SSSR count). The molecule has 1 aromatic carbocycles. The number of hydrogen-bond acceptors (Lipinski definition) is 3. The predicted octanol–water partition coefficient (Wildman–Crippen LogP) is 3.21. The highest BCUT2D eigenvalue weighted by molar-refractivity contribution is 5.78. The van der Waals surface area contributed by atoms with Crippen molar-refractivity contribution in [3.63, 3.8) is 0 Å². The molecule has 1 amide bonds. The number of rotatable bonds is 8. The Morgan fingerprint density at radius 3 is 2.62 bits per heavy atom. The van der Waals surface area contributed by atoms with E-state index in [2.05, 4.69) is 54.0 Å². The molecule has 2 fully saturated rings. The first-order valence-corrected chi connectivity index (χ1v) is 10.2. The largest absolute Gasteiger partial charge is 0.377 e. The van der Waals surface area contributed by atoms with E-state index in [1.807, 2.05) is 7.05 Å². The van der Waals surface area contributed by atoms with Crippen LogP contribution in [-0.4, -0.2) is 61.1 Å². The number of likely N-dealkylation sites (tertiary alicyclic amines) is 1. The van der Waals surface area contributed by atoms with Gasteiger partial charge in [0, 0.05) is 31.7 Å². The lowest BCUT2D eigenvalue weighted by molar-refractivity contribution is -0.137. The van der Waals surface area contributed by atoms with E-state index in [1.165, 1.54) is 18.4 Å². The summed E-state index contributed by atoms with van der Waals surface area (Å²) in [5.74, 6) is 1.42. The summed E-state index contributed by atoms with van der Waals surface area (Å²) in [6, 6.07) is 11.0. The van der Waals surface area contributed by atoms with Crippen LogP contribution in [0.15, 0.2) is 30.3 Å². The van der Waals surface area contributed by atoms with Crippen LogP contribution < -0.4 is 0 Å². The first-order chi connectivity index (χ1) is 12.5. The Bertz CT molecular complexity index is 571. The number of likely N-dealkylation sites (N-methyl/N-ethyl adjacent to an activating group) is 1. The van der Waals surface area contributed by atoms with E-state index in [4.69, 9.17) is 4.74 Å². The first kappa shape index (κ1) is 19.4. The highest BCUT2D eigenvalue weighted by Gasteiger charge is 2.34. The van der Waals surface area contributed by atoms with Crippen molar-refractivity contribution >= 4 is 5.91 Å². The molecular weight excluding hydrogens is 324 g/mol. The molecule has 0 unspecified atom stereocenters. The molecule has 26 heavy (non-hydrogen) atoms. The average Bonchev–Trinajstić information content (AvgIpc) is 3.45. The van der Waals surface area contributed by atoms with E-state index in [9.17, 15) is 4.79 Å². The molecule has 2 aliphatic rings. The van der Waals surface area contributed by atoms with Crippen molar-refractivity contribution < 1.29 is 9.53 Å². The number of carbonyl (C=O) groups excluding carboxylic acids is 1. The third-order valence-corrected chi connectivity index (χ3v) is 5.87. The maximum Gasteiger partial charge on any atom is 0.236 e. The quantitative estimate of drug-likeness (QED) is 0.715.